The van der Waals surface area contributed by atoms with Gasteiger partial charge in [-0.25, -0.2) is 0 Å². The first-order chi connectivity index (χ1) is 20.5. The highest BCUT2D eigenvalue weighted by atomic mass is 19.4. The molecule has 0 spiro atoms. The van der Waals surface area contributed by atoms with Gasteiger partial charge in [-0.2, -0.15) is 13.2 Å². The summed E-state index contributed by atoms with van der Waals surface area (Å²) in [6.45, 7) is -0.370. The lowest BCUT2D eigenvalue weighted by molar-refractivity contribution is -0.170. The number of nitrogens with one attached hydrogen (secondary N) is 4. The van der Waals surface area contributed by atoms with Crippen LogP contribution < -0.4 is 16.0 Å². The van der Waals surface area contributed by atoms with Crippen molar-refractivity contribution >= 4 is 40.3 Å². The molecule has 2 aromatic carbocycles. The Morgan fingerprint density at radius 2 is 1.74 bits per heavy atom. The summed E-state index contributed by atoms with van der Waals surface area (Å²) in [5.74, 6) is -8.66. The van der Waals surface area contributed by atoms with E-state index in [1.807, 2.05) is 0 Å². The minimum Gasteiger partial charge on any atom is -0.356 e. The summed E-state index contributed by atoms with van der Waals surface area (Å²) in [6, 6.07) is 17.2. The fourth-order valence-corrected chi connectivity index (χ4v) is 5.55. The summed E-state index contributed by atoms with van der Waals surface area (Å²) in [5, 5.41) is 8.19. The van der Waals surface area contributed by atoms with Gasteiger partial charge >= 0.3 is 6.18 Å². The van der Waals surface area contributed by atoms with Crippen molar-refractivity contribution in [3.8, 4) is 0 Å². The lowest BCUT2D eigenvalue weighted by atomic mass is 9.89. The standard InChI is InChI=1S/C30H30F3N5O5/c31-30(32,33)20-14-24(38(16-20)29(43)23-13-18-8-4-5-9-22(18)36-23)37-27(41)21(12-19-10-11-34-26(19)40)25(39)28(42)35-15-17-6-2-1-3-7-17/h1-9,13,19-21,24,36H,10-12,14-16H2,(H,34,40)(H,35,42)(H,37,41)/t19-,20-,21?,24+/m1/s1. The Morgan fingerprint density at radius 1 is 1.02 bits per heavy atom. The molecule has 2 fully saturated rings. The Hall–Kier alpha value is -4.68. The number of benzene rings is 2. The lowest BCUT2D eigenvalue weighted by Crippen LogP contribution is -2.51. The van der Waals surface area contributed by atoms with Crippen LogP contribution in [0.3, 0.4) is 0 Å². The number of amides is 4. The number of Topliss-reactive ketones (excluding diaryl/α,β-unsaturated/α-hetero) is 1. The summed E-state index contributed by atoms with van der Waals surface area (Å²) in [6.07, 6.45) is -6.66. The maximum atomic E-state index is 13.8. The van der Waals surface area contributed by atoms with Gasteiger partial charge in [0, 0.05) is 36.5 Å². The van der Waals surface area contributed by atoms with Crippen molar-refractivity contribution in [2.45, 2.75) is 38.1 Å². The van der Waals surface area contributed by atoms with Crippen molar-refractivity contribution in [3.05, 3.63) is 71.9 Å². The third-order valence-electron chi connectivity index (χ3n) is 7.93. The van der Waals surface area contributed by atoms with E-state index in [-0.39, 0.29) is 24.6 Å². The molecule has 1 unspecified atom stereocenters. The van der Waals surface area contributed by atoms with Gasteiger partial charge in [-0.15, -0.1) is 0 Å². The van der Waals surface area contributed by atoms with Gasteiger partial charge in [0.2, 0.25) is 17.6 Å². The number of likely N-dealkylation sites (tertiary alicyclic amines) is 1. The lowest BCUT2D eigenvalue weighted by Gasteiger charge is -2.27. The van der Waals surface area contributed by atoms with Crippen LogP contribution in [0.5, 0.6) is 0 Å². The molecule has 0 radical (unpaired) electrons. The number of halogens is 3. The molecule has 2 aliphatic rings. The Kier molecular flexibility index (Phi) is 8.51. The second-order valence-electron chi connectivity index (χ2n) is 10.8. The first-order valence-corrected chi connectivity index (χ1v) is 13.9. The summed E-state index contributed by atoms with van der Waals surface area (Å²) in [5.41, 5.74) is 1.36. The topological polar surface area (TPSA) is 140 Å². The maximum Gasteiger partial charge on any atom is 0.393 e. The van der Waals surface area contributed by atoms with Gasteiger partial charge in [0.1, 0.15) is 17.8 Å². The third-order valence-corrected chi connectivity index (χ3v) is 7.93. The summed E-state index contributed by atoms with van der Waals surface area (Å²) in [4.78, 5) is 69.1. The highest BCUT2D eigenvalue weighted by molar-refractivity contribution is 6.40. The van der Waals surface area contributed by atoms with E-state index >= 15 is 0 Å². The molecular weight excluding hydrogens is 567 g/mol. The Morgan fingerprint density at radius 3 is 2.42 bits per heavy atom. The largest absolute Gasteiger partial charge is 0.393 e. The van der Waals surface area contributed by atoms with Crippen molar-refractivity contribution in [2.75, 3.05) is 13.1 Å². The zero-order valence-electron chi connectivity index (χ0n) is 22.9. The number of fused-ring (bicyclic) bond motifs is 1. The molecule has 4 N–H and O–H groups in total. The molecule has 0 saturated carbocycles. The fraction of sp³-hybridized carbons (Fsp3) is 0.367. The zero-order valence-corrected chi connectivity index (χ0v) is 22.9. The van der Waals surface area contributed by atoms with Crippen LogP contribution in [0.2, 0.25) is 0 Å². The first-order valence-electron chi connectivity index (χ1n) is 13.9. The summed E-state index contributed by atoms with van der Waals surface area (Å²) in [7, 11) is 0. The number of hydrogen-bond acceptors (Lipinski definition) is 5. The van der Waals surface area contributed by atoms with Crippen molar-refractivity contribution in [1.29, 1.82) is 0 Å². The number of para-hydroxylation sites is 1. The molecule has 0 aliphatic carbocycles. The Bertz CT molecular complexity index is 1510. The van der Waals surface area contributed by atoms with E-state index in [4.69, 9.17) is 0 Å². The molecule has 43 heavy (non-hydrogen) atoms. The van der Waals surface area contributed by atoms with E-state index in [0.29, 0.717) is 29.4 Å². The zero-order chi connectivity index (χ0) is 30.7. The average Bonchev–Trinajstić information content (AvgIpc) is 3.72. The molecule has 1 aromatic heterocycles. The first kappa shape index (κ1) is 29.8. The van der Waals surface area contributed by atoms with Crippen molar-refractivity contribution in [2.24, 2.45) is 17.8 Å². The molecule has 2 aliphatic heterocycles. The predicted octanol–water partition coefficient (Wildman–Crippen LogP) is 2.66. The second-order valence-corrected chi connectivity index (χ2v) is 10.8. The van der Waals surface area contributed by atoms with E-state index in [1.165, 1.54) is 6.07 Å². The molecule has 4 atom stereocenters. The monoisotopic (exact) mass is 597 g/mol. The van der Waals surface area contributed by atoms with Crippen LogP contribution in [0, 0.1) is 17.8 Å². The van der Waals surface area contributed by atoms with Crippen LogP contribution in [-0.2, 0) is 25.7 Å². The van der Waals surface area contributed by atoms with Gasteiger partial charge in [0.15, 0.2) is 0 Å². The average molecular weight is 598 g/mol. The molecule has 10 nitrogen and oxygen atoms in total. The molecule has 3 aromatic rings. The molecule has 2 saturated heterocycles. The molecule has 4 amide bonds. The smallest absolute Gasteiger partial charge is 0.356 e. The van der Waals surface area contributed by atoms with E-state index in [0.717, 1.165) is 4.90 Å². The fourth-order valence-electron chi connectivity index (χ4n) is 5.55. The van der Waals surface area contributed by atoms with Gasteiger partial charge in [0.25, 0.3) is 11.8 Å². The number of rotatable bonds is 9. The highest BCUT2D eigenvalue weighted by Crippen LogP contribution is 2.37. The van der Waals surface area contributed by atoms with Crippen LogP contribution >= 0.6 is 0 Å². The number of carbonyl (C=O) groups excluding carboxylic acids is 5. The Balaban J connectivity index is 1.36. The number of carbonyl (C=O) groups is 5. The van der Waals surface area contributed by atoms with Crippen molar-refractivity contribution in [3.63, 3.8) is 0 Å². The van der Waals surface area contributed by atoms with Crippen molar-refractivity contribution in [1.82, 2.24) is 25.8 Å². The number of ketones is 1. The third kappa shape index (κ3) is 6.71. The van der Waals surface area contributed by atoms with Crippen molar-refractivity contribution < 1.29 is 37.1 Å². The van der Waals surface area contributed by atoms with Gasteiger partial charge < -0.3 is 25.8 Å². The van der Waals surface area contributed by atoms with E-state index in [1.54, 1.807) is 54.6 Å². The molecule has 13 heteroatoms. The van der Waals surface area contributed by atoms with E-state index in [2.05, 4.69) is 20.9 Å². The quantitative estimate of drug-likeness (QED) is 0.222. The van der Waals surface area contributed by atoms with E-state index in [9.17, 15) is 37.1 Å². The van der Waals surface area contributed by atoms with Gasteiger partial charge in [-0.05, 0) is 37.0 Å². The number of aromatic nitrogens is 1. The van der Waals surface area contributed by atoms with Crippen LogP contribution in [0.15, 0.2) is 60.7 Å². The molecule has 5 rings (SSSR count). The number of alkyl halides is 3. The predicted molar refractivity (Wildman–Crippen MR) is 148 cm³/mol. The van der Waals surface area contributed by atoms with Gasteiger partial charge in [-0.1, -0.05) is 48.5 Å². The number of aromatic amines is 1. The number of nitrogens with zero attached hydrogens (tertiary/aromatic N) is 1. The Labute approximate surface area is 244 Å². The summed E-state index contributed by atoms with van der Waals surface area (Å²) < 4.78 is 41.4. The molecular formula is C30H30F3N5O5. The van der Waals surface area contributed by atoms with Crippen LogP contribution in [0.1, 0.15) is 35.3 Å². The van der Waals surface area contributed by atoms with E-state index < -0.39 is 66.6 Å². The second kappa shape index (κ2) is 12.3. The minimum atomic E-state index is -4.65. The number of hydrogen-bond donors (Lipinski definition) is 4. The molecule has 3 heterocycles. The molecule has 226 valence electrons. The van der Waals surface area contributed by atoms with Gasteiger partial charge in [0.05, 0.1) is 5.92 Å². The normalized spacial score (nSPS) is 21.0. The maximum absolute atomic E-state index is 13.8. The van der Waals surface area contributed by atoms with Gasteiger partial charge in [-0.3, -0.25) is 24.0 Å². The molecule has 0 bridgehead atoms. The SMILES string of the molecule is O=C(NCc1ccccc1)C(=O)C(C[C@H]1CCNC1=O)C(=O)N[C@@H]1C[C@@H](C(F)(F)F)CN1C(=O)c1cc2ccccc2[nH]1. The van der Waals surface area contributed by atoms with Crippen LogP contribution in [-0.4, -0.2) is 64.7 Å². The highest BCUT2D eigenvalue weighted by Gasteiger charge is 2.50. The minimum absolute atomic E-state index is 0.00628. The number of H-pyrrole nitrogens is 1. The van der Waals surface area contributed by atoms with Crippen LogP contribution in [0.4, 0.5) is 13.2 Å². The summed E-state index contributed by atoms with van der Waals surface area (Å²) >= 11 is 0. The van der Waals surface area contributed by atoms with Crippen LogP contribution in [0.25, 0.3) is 10.9 Å².